The highest BCUT2D eigenvalue weighted by molar-refractivity contribution is 5.95. The molecule has 0 atom stereocenters. The van der Waals surface area contributed by atoms with Crippen LogP contribution < -0.4 is 10.5 Å². The molecule has 0 amide bonds. The Bertz CT molecular complexity index is 579. The lowest BCUT2D eigenvalue weighted by Crippen LogP contribution is -2.11. The lowest BCUT2D eigenvalue weighted by atomic mass is 10.1. The molecule has 20 heavy (non-hydrogen) atoms. The first kappa shape index (κ1) is 14.1. The standard InChI is InChI=1S/C16H18N2O2/c1-19-15-7-5-12(6-8-15)10-20-11-13-3-2-4-14(9-13)16(17)18/h2-9H,10-11H2,1H3,(H3,17,18). The number of amidine groups is 1. The van der Waals surface area contributed by atoms with Crippen molar-refractivity contribution in [2.45, 2.75) is 13.2 Å². The average Bonchev–Trinajstić information content (AvgIpc) is 2.48. The third kappa shape index (κ3) is 3.83. The second kappa shape index (κ2) is 6.73. The minimum Gasteiger partial charge on any atom is -0.497 e. The Morgan fingerprint density at radius 1 is 1.05 bits per heavy atom. The minimum atomic E-state index is 0.0713. The zero-order valence-corrected chi connectivity index (χ0v) is 11.4. The van der Waals surface area contributed by atoms with Crippen LogP contribution in [-0.4, -0.2) is 12.9 Å². The largest absolute Gasteiger partial charge is 0.497 e. The predicted octanol–water partition coefficient (Wildman–Crippen LogP) is 2.70. The smallest absolute Gasteiger partial charge is 0.122 e. The number of hydrogen-bond donors (Lipinski definition) is 2. The van der Waals surface area contributed by atoms with Gasteiger partial charge < -0.3 is 15.2 Å². The summed E-state index contributed by atoms with van der Waals surface area (Å²) in [5.74, 6) is 0.907. The number of nitrogens with one attached hydrogen (secondary N) is 1. The van der Waals surface area contributed by atoms with E-state index in [1.165, 1.54) is 0 Å². The fourth-order valence-electron chi connectivity index (χ4n) is 1.84. The Morgan fingerprint density at radius 3 is 2.40 bits per heavy atom. The third-order valence-corrected chi connectivity index (χ3v) is 2.93. The lowest BCUT2D eigenvalue weighted by Gasteiger charge is -2.07. The van der Waals surface area contributed by atoms with Gasteiger partial charge in [-0.3, -0.25) is 5.41 Å². The van der Waals surface area contributed by atoms with Crippen molar-refractivity contribution in [3.63, 3.8) is 0 Å². The first-order chi connectivity index (χ1) is 9.69. The fraction of sp³-hybridized carbons (Fsp3) is 0.188. The Hall–Kier alpha value is -2.33. The number of ether oxygens (including phenoxy) is 2. The van der Waals surface area contributed by atoms with E-state index in [0.717, 1.165) is 22.4 Å². The number of methoxy groups -OCH3 is 1. The van der Waals surface area contributed by atoms with Gasteiger partial charge in [0.25, 0.3) is 0 Å². The van der Waals surface area contributed by atoms with E-state index in [9.17, 15) is 0 Å². The van der Waals surface area contributed by atoms with Gasteiger partial charge in [-0.2, -0.15) is 0 Å². The molecule has 0 aliphatic carbocycles. The van der Waals surface area contributed by atoms with Crippen molar-refractivity contribution < 1.29 is 9.47 Å². The highest BCUT2D eigenvalue weighted by Crippen LogP contribution is 2.13. The minimum absolute atomic E-state index is 0.0713. The van der Waals surface area contributed by atoms with Gasteiger partial charge in [0.05, 0.1) is 20.3 Å². The lowest BCUT2D eigenvalue weighted by molar-refractivity contribution is 0.107. The highest BCUT2D eigenvalue weighted by Gasteiger charge is 2.00. The number of rotatable bonds is 6. The number of nitrogens with two attached hydrogens (primary N) is 1. The van der Waals surface area contributed by atoms with Crippen molar-refractivity contribution in [1.82, 2.24) is 0 Å². The molecule has 0 aromatic heterocycles. The van der Waals surface area contributed by atoms with E-state index in [4.69, 9.17) is 20.6 Å². The first-order valence-electron chi connectivity index (χ1n) is 6.33. The van der Waals surface area contributed by atoms with Gasteiger partial charge in [0.2, 0.25) is 0 Å². The van der Waals surface area contributed by atoms with E-state index < -0.39 is 0 Å². The van der Waals surface area contributed by atoms with E-state index in [-0.39, 0.29) is 5.84 Å². The molecule has 0 fully saturated rings. The summed E-state index contributed by atoms with van der Waals surface area (Å²) < 4.78 is 10.8. The SMILES string of the molecule is COc1ccc(COCc2cccc(C(=N)N)c2)cc1. The number of nitrogen functional groups attached to an aromatic ring is 1. The van der Waals surface area contributed by atoms with Crippen LogP contribution >= 0.6 is 0 Å². The second-order valence-corrected chi connectivity index (χ2v) is 4.45. The van der Waals surface area contributed by atoms with Crippen molar-refractivity contribution in [3.05, 3.63) is 65.2 Å². The quantitative estimate of drug-likeness (QED) is 0.626. The molecule has 104 valence electrons. The van der Waals surface area contributed by atoms with Gasteiger partial charge in [-0.15, -0.1) is 0 Å². The Kier molecular flexibility index (Phi) is 4.74. The third-order valence-electron chi connectivity index (χ3n) is 2.93. The van der Waals surface area contributed by atoms with Crippen molar-refractivity contribution in [2.24, 2.45) is 5.73 Å². The molecule has 0 aliphatic heterocycles. The summed E-state index contributed by atoms with van der Waals surface area (Å²) in [7, 11) is 1.65. The maximum atomic E-state index is 7.41. The van der Waals surface area contributed by atoms with Crippen LogP contribution in [0.1, 0.15) is 16.7 Å². The van der Waals surface area contributed by atoms with Crippen molar-refractivity contribution in [2.75, 3.05) is 7.11 Å². The first-order valence-corrected chi connectivity index (χ1v) is 6.33. The zero-order chi connectivity index (χ0) is 14.4. The van der Waals surface area contributed by atoms with E-state index in [0.29, 0.717) is 13.2 Å². The summed E-state index contributed by atoms with van der Waals surface area (Å²) in [6.07, 6.45) is 0. The van der Waals surface area contributed by atoms with Crippen LogP contribution in [-0.2, 0) is 18.0 Å². The Labute approximate surface area is 118 Å². The monoisotopic (exact) mass is 270 g/mol. The van der Waals surface area contributed by atoms with E-state index >= 15 is 0 Å². The molecule has 4 nitrogen and oxygen atoms in total. The molecule has 0 saturated carbocycles. The topological polar surface area (TPSA) is 68.3 Å². The van der Waals surface area contributed by atoms with E-state index in [2.05, 4.69) is 0 Å². The van der Waals surface area contributed by atoms with Gasteiger partial charge in [-0.1, -0.05) is 30.3 Å². The van der Waals surface area contributed by atoms with Crippen molar-refractivity contribution in [1.29, 1.82) is 5.41 Å². The van der Waals surface area contributed by atoms with Crippen molar-refractivity contribution in [3.8, 4) is 5.75 Å². The Balaban J connectivity index is 1.88. The van der Waals surface area contributed by atoms with Crippen LogP contribution in [0.4, 0.5) is 0 Å². The zero-order valence-electron chi connectivity index (χ0n) is 11.4. The van der Waals surface area contributed by atoms with E-state index in [1.54, 1.807) is 7.11 Å². The molecule has 2 rings (SSSR count). The summed E-state index contributed by atoms with van der Waals surface area (Å²) >= 11 is 0. The molecule has 0 saturated heterocycles. The molecule has 0 spiro atoms. The molecule has 4 heteroatoms. The van der Waals surface area contributed by atoms with Crippen LogP contribution in [0.2, 0.25) is 0 Å². The molecule has 0 radical (unpaired) electrons. The van der Waals surface area contributed by atoms with E-state index in [1.807, 2.05) is 48.5 Å². The van der Waals surface area contributed by atoms with Crippen LogP contribution in [0, 0.1) is 5.41 Å². The van der Waals surface area contributed by atoms with Gasteiger partial charge in [-0.25, -0.2) is 0 Å². The summed E-state index contributed by atoms with van der Waals surface area (Å²) in [4.78, 5) is 0. The van der Waals surface area contributed by atoms with Gasteiger partial charge in [0, 0.05) is 5.56 Å². The molecular formula is C16H18N2O2. The molecule has 2 aromatic carbocycles. The van der Waals surface area contributed by atoms with Crippen LogP contribution in [0.15, 0.2) is 48.5 Å². The molecular weight excluding hydrogens is 252 g/mol. The molecule has 2 aromatic rings. The van der Waals surface area contributed by atoms with Gasteiger partial charge in [0.1, 0.15) is 11.6 Å². The normalized spacial score (nSPS) is 10.2. The second-order valence-electron chi connectivity index (χ2n) is 4.45. The number of hydrogen-bond acceptors (Lipinski definition) is 3. The van der Waals surface area contributed by atoms with Crippen LogP contribution in [0.5, 0.6) is 5.75 Å². The molecule has 0 heterocycles. The summed E-state index contributed by atoms with van der Waals surface area (Å²) in [6, 6.07) is 15.3. The molecule has 0 unspecified atom stereocenters. The number of benzene rings is 2. The molecule has 0 aliphatic rings. The van der Waals surface area contributed by atoms with Gasteiger partial charge >= 0.3 is 0 Å². The maximum absolute atomic E-state index is 7.41. The summed E-state index contributed by atoms with van der Waals surface area (Å²) in [5.41, 5.74) is 8.28. The van der Waals surface area contributed by atoms with Gasteiger partial charge in [0.15, 0.2) is 0 Å². The average molecular weight is 270 g/mol. The fourth-order valence-corrected chi connectivity index (χ4v) is 1.84. The molecule has 3 N–H and O–H groups in total. The maximum Gasteiger partial charge on any atom is 0.122 e. The Morgan fingerprint density at radius 2 is 1.75 bits per heavy atom. The van der Waals surface area contributed by atoms with Crippen LogP contribution in [0.25, 0.3) is 0 Å². The molecule has 0 bridgehead atoms. The van der Waals surface area contributed by atoms with Gasteiger partial charge in [-0.05, 0) is 29.3 Å². The van der Waals surface area contributed by atoms with Crippen LogP contribution in [0.3, 0.4) is 0 Å². The summed E-state index contributed by atoms with van der Waals surface area (Å²) in [5, 5.41) is 7.41. The summed E-state index contributed by atoms with van der Waals surface area (Å²) in [6.45, 7) is 1.03. The van der Waals surface area contributed by atoms with Crippen molar-refractivity contribution >= 4 is 5.84 Å². The highest BCUT2D eigenvalue weighted by atomic mass is 16.5. The predicted molar refractivity (Wildman–Crippen MR) is 78.9 cm³/mol.